The molecule has 0 aliphatic carbocycles. The van der Waals surface area contributed by atoms with Crippen molar-refractivity contribution < 1.29 is 4.79 Å². The van der Waals surface area contributed by atoms with Gasteiger partial charge < -0.3 is 9.47 Å². The number of rotatable bonds is 1. The Hall–Kier alpha value is -2.03. The Morgan fingerprint density at radius 3 is 2.68 bits per heavy atom. The number of benzene rings is 1. The molecule has 1 unspecified atom stereocenters. The second kappa shape index (κ2) is 4.57. The number of amides is 1. The first kappa shape index (κ1) is 12.0. The maximum atomic E-state index is 11.9. The summed E-state index contributed by atoms with van der Waals surface area (Å²) in [6, 6.07) is 12.5. The predicted molar refractivity (Wildman–Crippen MR) is 74.8 cm³/mol. The molecule has 1 aromatic heterocycles. The van der Waals surface area contributed by atoms with Crippen LogP contribution in [0.4, 0.5) is 0 Å². The van der Waals surface area contributed by atoms with Gasteiger partial charge in [-0.1, -0.05) is 24.3 Å². The SMILES string of the molecule is CC(=O)N1CCn2cccc2C1c1ccccc1C. The second-order valence-electron chi connectivity index (χ2n) is 5.10. The largest absolute Gasteiger partial charge is 0.348 e. The smallest absolute Gasteiger partial charge is 0.220 e. The number of hydrogen-bond acceptors (Lipinski definition) is 1. The molecule has 2 aromatic rings. The van der Waals surface area contributed by atoms with Gasteiger partial charge in [0.2, 0.25) is 5.91 Å². The average molecular weight is 254 g/mol. The standard InChI is InChI=1S/C16H18N2O/c1-12-6-3-4-7-14(12)16-15-8-5-9-17(15)10-11-18(16)13(2)19/h3-9,16H,10-11H2,1-2H3. The topological polar surface area (TPSA) is 25.2 Å². The van der Waals surface area contributed by atoms with Crippen molar-refractivity contribution in [3.05, 3.63) is 59.4 Å². The third-order valence-corrected chi connectivity index (χ3v) is 3.93. The molecule has 1 aliphatic rings. The van der Waals surface area contributed by atoms with Crippen LogP contribution in [0.5, 0.6) is 0 Å². The molecule has 2 heterocycles. The number of aromatic nitrogens is 1. The van der Waals surface area contributed by atoms with E-state index in [0.29, 0.717) is 0 Å². The molecule has 0 saturated heterocycles. The number of carbonyl (C=O) groups is 1. The summed E-state index contributed by atoms with van der Waals surface area (Å²) >= 11 is 0. The van der Waals surface area contributed by atoms with Crippen LogP contribution in [0.1, 0.15) is 29.8 Å². The van der Waals surface area contributed by atoms with E-state index >= 15 is 0 Å². The van der Waals surface area contributed by atoms with Gasteiger partial charge in [0.25, 0.3) is 0 Å². The fraction of sp³-hybridized carbons (Fsp3) is 0.312. The van der Waals surface area contributed by atoms with Crippen molar-refractivity contribution in [3.8, 4) is 0 Å². The van der Waals surface area contributed by atoms with Gasteiger partial charge in [-0.05, 0) is 30.2 Å². The molecule has 3 nitrogen and oxygen atoms in total. The van der Waals surface area contributed by atoms with Gasteiger partial charge in [0.05, 0.1) is 6.04 Å². The monoisotopic (exact) mass is 254 g/mol. The van der Waals surface area contributed by atoms with E-state index in [2.05, 4.69) is 42.0 Å². The first-order valence-corrected chi connectivity index (χ1v) is 6.66. The lowest BCUT2D eigenvalue weighted by atomic mass is 9.96. The van der Waals surface area contributed by atoms with Crippen LogP contribution in [-0.2, 0) is 11.3 Å². The van der Waals surface area contributed by atoms with Crippen LogP contribution in [0.3, 0.4) is 0 Å². The number of carbonyl (C=O) groups excluding carboxylic acids is 1. The maximum Gasteiger partial charge on any atom is 0.220 e. The molecule has 1 amide bonds. The third kappa shape index (κ3) is 1.95. The molecular weight excluding hydrogens is 236 g/mol. The highest BCUT2D eigenvalue weighted by Gasteiger charge is 2.30. The Morgan fingerprint density at radius 2 is 1.95 bits per heavy atom. The maximum absolute atomic E-state index is 11.9. The van der Waals surface area contributed by atoms with E-state index < -0.39 is 0 Å². The van der Waals surface area contributed by atoms with E-state index in [0.717, 1.165) is 13.1 Å². The fourth-order valence-electron chi connectivity index (χ4n) is 2.94. The lowest BCUT2D eigenvalue weighted by Gasteiger charge is -2.37. The van der Waals surface area contributed by atoms with Crippen LogP contribution in [0, 0.1) is 6.92 Å². The minimum Gasteiger partial charge on any atom is -0.348 e. The molecule has 3 heteroatoms. The zero-order valence-electron chi connectivity index (χ0n) is 11.3. The molecule has 3 rings (SSSR count). The normalized spacial score (nSPS) is 18.2. The van der Waals surface area contributed by atoms with Crippen molar-refractivity contribution in [3.63, 3.8) is 0 Å². The summed E-state index contributed by atoms with van der Waals surface area (Å²) in [5, 5.41) is 0. The molecule has 0 fully saturated rings. The molecular formula is C16H18N2O. The number of aryl methyl sites for hydroxylation is 1. The van der Waals surface area contributed by atoms with Crippen LogP contribution in [-0.4, -0.2) is 21.9 Å². The van der Waals surface area contributed by atoms with Crippen LogP contribution >= 0.6 is 0 Å². The summed E-state index contributed by atoms with van der Waals surface area (Å²) in [5.41, 5.74) is 3.65. The molecule has 0 radical (unpaired) electrons. The number of fused-ring (bicyclic) bond motifs is 1. The lowest BCUT2D eigenvalue weighted by Crippen LogP contribution is -2.41. The second-order valence-corrected chi connectivity index (χ2v) is 5.10. The van der Waals surface area contributed by atoms with Crippen molar-refractivity contribution in [1.29, 1.82) is 0 Å². The highest BCUT2D eigenvalue weighted by Crippen LogP contribution is 2.33. The van der Waals surface area contributed by atoms with E-state index in [1.165, 1.54) is 16.8 Å². The average Bonchev–Trinajstić information content (AvgIpc) is 2.86. The molecule has 1 aliphatic heterocycles. The molecule has 0 bridgehead atoms. The Bertz CT molecular complexity index is 615. The molecule has 0 spiro atoms. The van der Waals surface area contributed by atoms with Gasteiger partial charge in [0.15, 0.2) is 0 Å². The van der Waals surface area contributed by atoms with Gasteiger partial charge >= 0.3 is 0 Å². The van der Waals surface area contributed by atoms with Crippen LogP contribution in [0.2, 0.25) is 0 Å². The van der Waals surface area contributed by atoms with Crippen molar-refractivity contribution in [2.24, 2.45) is 0 Å². The first-order chi connectivity index (χ1) is 9.18. The zero-order valence-corrected chi connectivity index (χ0v) is 11.3. The predicted octanol–water partition coefficient (Wildman–Crippen LogP) is 2.75. The highest BCUT2D eigenvalue weighted by atomic mass is 16.2. The summed E-state index contributed by atoms with van der Waals surface area (Å²) in [6.45, 7) is 5.42. The third-order valence-electron chi connectivity index (χ3n) is 3.93. The van der Waals surface area contributed by atoms with Crippen molar-refractivity contribution in [2.75, 3.05) is 6.54 Å². The van der Waals surface area contributed by atoms with E-state index in [1.807, 2.05) is 17.0 Å². The molecule has 1 aromatic carbocycles. The van der Waals surface area contributed by atoms with Crippen LogP contribution < -0.4 is 0 Å². The van der Waals surface area contributed by atoms with Gasteiger partial charge in [-0.3, -0.25) is 4.79 Å². The van der Waals surface area contributed by atoms with Gasteiger partial charge in [-0.15, -0.1) is 0 Å². The Kier molecular flexibility index (Phi) is 2.90. The lowest BCUT2D eigenvalue weighted by molar-refractivity contribution is -0.131. The number of hydrogen-bond donors (Lipinski definition) is 0. The number of nitrogens with zero attached hydrogens (tertiary/aromatic N) is 2. The molecule has 1 atom stereocenters. The summed E-state index contributed by atoms with van der Waals surface area (Å²) in [4.78, 5) is 13.9. The van der Waals surface area contributed by atoms with Crippen molar-refractivity contribution in [2.45, 2.75) is 26.4 Å². The van der Waals surface area contributed by atoms with Crippen molar-refractivity contribution in [1.82, 2.24) is 9.47 Å². The molecule has 98 valence electrons. The van der Waals surface area contributed by atoms with Gasteiger partial charge in [-0.25, -0.2) is 0 Å². The molecule has 0 saturated carbocycles. The zero-order chi connectivity index (χ0) is 13.4. The minimum absolute atomic E-state index is 0.0439. The van der Waals surface area contributed by atoms with E-state index in [-0.39, 0.29) is 11.9 Å². The quantitative estimate of drug-likeness (QED) is 0.768. The highest BCUT2D eigenvalue weighted by molar-refractivity contribution is 5.74. The summed E-state index contributed by atoms with van der Waals surface area (Å²) in [6.07, 6.45) is 2.10. The van der Waals surface area contributed by atoms with E-state index in [4.69, 9.17) is 0 Å². The van der Waals surface area contributed by atoms with Gasteiger partial charge in [0, 0.05) is 31.9 Å². The van der Waals surface area contributed by atoms with E-state index in [9.17, 15) is 4.79 Å². The molecule has 0 N–H and O–H groups in total. The Balaban J connectivity index is 2.15. The van der Waals surface area contributed by atoms with Crippen LogP contribution in [0.15, 0.2) is 42.6 Å². The summed E-state index contributed by atoms with van der Waals surface area (Å²) in [7, 11) is 0. The minimum atomic E-state index is 0.0439. The first-order valence-electron chi connectivity index (χ1n) is 6.66. The van der Waals surface area contributed by atoms with Gasteiger partial charge in [-0.2, -0.15) is 0 Å². The van der Waals surface area contributed by atoms with E-state index in [1.54, 1.807) is 6.92 Å². The Morgan fingerprint density at radius 1 is 1.16 bits per heavy atom. The Labute approximate surface area is 113 Å². The molecule has 19 heavy (non-hydrogen) atoms. The van der Waals surface area contributed by atoms with Gasteiger partial charge in [0.1, 0.15) is 0 Å². The summed E-state index contributed by atoms with van der Waals surface area (Å²) < 4.78 is 2.25. The van der Waals surface area contributed by atoms with Crippen molar-refractivity contribution >= 4 is 5.91 Å². The fourth-order valence-corrected chi connectivity index (χ4v) is 2.94. The van der Waals surface area contributed by atoms with Crippen LogP contribution in [0.25, 0.3) is 0 Å². The summed E-state index contributed by atoms with van der Waals surface area (Å²) in [5.74, 6) is 0.140.